The highest BCUT2D eigenvalue weighted by Crippen LogP contribution is 2.14. The van der Waals surface area contributed by atoms with E-state index in [2.05, 4.69) is 7.05 Å². The topological polar surface area (TPSA) is 9.23 Å². The molecule has 1 rings (SSSR count). The van der Waals surface area contributed by atoms with Crippen molar-refractivity contribution in [2.75, 3.05) is 34.0 Å². The molecule has 0 aromatic heterocycles. The van der Waals surface area contributed by atoms with Gasteiger partial charge in [-0.15, -0.1) is 0 Å². The summed E-state index contributed by atoms with van der Waals surface area (Å²) in [5.74, 6) is 0. The van der Waals surface area contributed by atoms with Crippen molar-refractivity contribution >= 4 is 0 Å². The summed E-state index contributed by atoms with van der Waals surface area (Å²) in [5, 5.41) is 0. The Labute approximate surface area is 73.5 Å². The molecule has 0 bridgehead atoms. The standard InChI is InChI=1S/C7H16NO.BrH/c1-8(7-9-2)5-3-4-6-8;/h3-7H2,1-2H3;1H/q+1;/p-1. The fourth-order valence-corrected chi connectivity index (χ4v) is 1.54. The molecule has 62 valence electrons. The number of hydrogen-bond donors (Lipinski definition) is 0. The van der Waals surface area contributed by atoms with E-state index in [1.54, 1.807) is 7.11 Å². The predicted molar refractivity (Wildman–Crippen MR) is 37.0 cm³/mol. The first-order chi connectivity index (χ1) is 4.27. The third-order valence-electron chi connectivity index (χ3n) is 2.09. The molecule has 1 heterocycles. The lowest BCUT2D eigenvalue weighted by molar-refractivity contribution is -0.916. The largest absolute Gasteiger partial charge is 1.00 e. The third kappa shape index (κ3) is 2.56. The van der Waals surface area contributed by atoms with E-state index in [1.165, 1.54) is 25.9 Å². The zero-order valence-electron chi connectivity index (χ0n) is 6.77. The molecule has 0 radical (unpaired) electrons. The minimum Gasteiger partial charge on any atom is -1.00 e. The molecule has 1 aliphatic heterocycles. The van der Waals surface area contributed by atoms with Gasteiger partial charge in [0.2, 0.25) is 0 Å². The van der Waals surface area contributed by atoms with Crippen molar-refractivity contribution < 1.29 is 26.2 Å². The van der Waals surface area contributed by atoms with Crippen LogP contribution in [0.25, 0.3) is 0 Å². The summed E-state index contributed by atoms with van der Waals surface area (Å²) in [6.07, 6.45) is 2.75. The van der Waals surface area contributed by atoms with Gasteiger partial charge in [-0.05, 0) is 0 Å². The van der Waals surface area contributed by atoms with Gasteiger partial charge in [0.1, 0.15) is 0 Å². The fraction of sp³-hybridized carbons (Fsp3) is 1.00. The molecule has 0 aromatic carbocycles. The van der Waals surface area contributed by atoms with Crippen LogP contribution in [0.2, 0.25) is 0 Å². The summed E-state index contributed by atoms with van der Waals surface area (Å²) in [6.45, 7) is 3.49. The van der Waals surface area contributed by atoms with Crippen LogP contribution < -0.4 is 17.0 Å². The maximum Gasteiger partial charge on any atom is 0.182 e. The lowest BCUT2D eigenvalue weighted by Gasteiger charge is -2.27. The van der Waals surface area contributed by atoms with Crippen LogP contribution in [-0.2, 0) is 4.74 Å². The highest BCUT2D eigenvalue weighted by molar-refractivity contribution is 4.48. The molecular weight excluding hydrogens is 194 g/mol. The second kappa shape index (κ2) is 4.31. The molecule has 3 heteroatoms. The number of likely N-dealkylation sites (tertiary alicyclic amines) is 1. The fourth-order valence-electron chi connectivity index (χ4n) is 1.54. The summed E-state index contributed by atoms with van der Waals surface area (Å²) in [7, 11) is 4.04. The van der Waals surface area contributed by atoms with E-state index in [0.717, 1.165) is 11.2 Å². The first-order valence-corrected chi connectivity index (χ1v) is 3.59. The average molecular weight is 210 g/mol. The molecule has 1 fully saturated rings. The van der Waals surface area contributed by atoms with Crippen molar-refractivity contribution in [2.45, 2.75) is 12.8 Å². The second-order valence-corrected chi connectivity index (χ2v) is 3.19. The van der Waals surface area contributed by atoms with Crippen LogP contribution in [0.3, 0.4) is 0 Å². The third-order valence-corrected chi connectivity index (χ3v) is 2.09. The van der Waals surface area contributed by atoms with Crippen molar-refractivity contribution in [3.63, 3.8) is 0 Å². The quantitative estimate of drug-likeness (QED) is 0.471. The number of nitrogens with zero attached hydrogens (tertiary/aromatic N) is 1. The molecule has 1 saturated heterocycles. The van der Waals surface area contributed by atoms with Crippen LogP contribution in [0.1, 0.15) is 12.8 Å². The highest BCUT2D eigenvalue weighted by atomic mass is 79.9. The number of quaternary nitrogens is 1. The van der Waals surface area contributed by atoms with Crippen LogP contribution in [-0.4, -0.2) is 38.5 Å². The number of methoxy groups -OCH3 is 1. The first-order valence-electron chi connectivity index (χ1n) is 3.59. The molecule has 0 aromatic rings. The van der Waals surface area contributed by atoms with Gasteiger partial charge in [0, 0.05) is 20.0 Å². The van der Waals surface area contributed by atoms with Gasteiger partial charge in [-0.2, -0.15) is 0 Å². The summed E-state index contributed by atoms with van der Waals surface area (Å²) in [5.41, 5.74) is 0. The van der Waals surface area contributed by atoms with Crippen LogP contribution in [0.15, 0.2) is 0 Å². The maximum atomic E-state index is 5.10. The molecule has 1 aliphatic rings. The Bertz CT molecular complexity index is 91.6. The Hall–Kier alpha value is 0.400. The highest BCUT2D eigenvalue weighted by Gasteiger charge is 2.25. The van der Waals surface area contributed by atoms with Crippen molar-refractivity contribution in [3.8, 4) is 0 Å². The predicted octanol–water partition coefficient (Wildman–Crippen LogP) is -2.17. The molecule has 2 nitrogen and oxygen atoms in total. The van der Waals surface area contributed by atoms with Gasteiger partial charge in [0.15, 0.2) is 6.73 Å². The minimum atomic E-state index is 0. The van der Waals surface area contributed by atoms with Crippen LogP contribution in [0.5, 0.6) is 0 Å². The number of rotatable bonds is 2. The lowest BCUT2D eigenvalue weighted by Crippen LogP contribution is -3.00. The summed E-state index contributed by atoms with van der Waals surface area (Å²) >= 11 is 0. The van der Waals surface area contributed by atoms with Gasteiger partial charge in [-0.25, -0.2) is 0 Å². The molecule has 0 unspecified atom stereocenters. The number of ether oxygens (including phenoxy) is 1. The molecule has 0 spiro atoms. The maximum absolute atomic E-state index is 5.10. The molecule has 0 N–H and O–H groups in total. The van der Waals surface area contributed by atoms with Crippen molar-refractivity contribution in [1.82, 2.24) is 0 Å². The average Bonchev–Trinajstić information content (AvgIpc) is 2.16. The van der Waals surface area contributed by atoms with Crippen LogP contribution in [0, 0.1) is 0 Å². The monoisotopic (exact) mass is 209 g/mol. The summed E-state index contributed by atoms with van der Waals surface area (Å²) in [4.78, 5) is 0. The molecule has 0 amide bonds. The van der Waals surface area contributed by atoms with E-state index in [9.17, 15) is 0 Å². The Morgan fingerprint density at radius 3 is 2.20 bits per heavy atom. The smallest absolute Gasteiger partial charge is 0.182 e. The van der Waals surface area contributed by atoms with Gasteiger partial charge in [0.05, 0.1) is 20.1 Å². The normalized spacial score (nSPS) is 22.2. The van der Waals surface area contributed by atoms with E-state index >= 15 is 0 Å². The zero-order chi connectivity index (χ0) is 6.74. The Balaban J connectivity index is 0.000000810. The minimum absolute atomic E-state index is 0. The number of hydrogen-bond acceptors (Lipinski definition) is 1. The van der Waals surface area contributed by atoms with Gasteiger partial charge >= 0.3 is 0 Å². The van der Waals surface area contributed by atoms with Gasteiger partial charge < -0.3 is 26.2 Å². The van der Waals surface area contributed by atoms with Gasteiger partial charge in [0.25, 0.3) is 0 Å². The molecule has 0 aliphatic carbocycles. The second-order valence-electron chi connectivity index (χ2n) is 3.19. The van der Waals surface area contributed by atoms with E-state index in [1.807, 2.05) is 0 Å². The molecule has 10 heavy (non-hydrogen) atoms. The SMILES string of the molecule is COC[N+]1(C)CCCC1.[Br-]. The Morgan fingerprint density at radius 2 is 1.80 bits per heavy atom. The summed E-state index contributed by atoms with van der Waals surface area (Å²) in [6, 6.07) is 0. The molecule has 0 saturated carbocycles. The Kier molecular flexibility index (Phi) is 4.49. The van der Waals surface area contributed by atoms with Crippen molar-refractivity contribution in [3.05, 3.63) is 0 Å². The van der Waals surface area contributed by atoms with E-state index < -0.39 is 0 Å². The number of halogens is 1. The van der Waals surface area contributed by atoms with E-state index in [0.29, 0.717) is 0 Å². The molecule has 0 atom stereocenters. The van der Waals surface area contributed by atoms with E-state index in [-0.39, 0.29) is 17.0 Å². The van der Waals surface area contributed by atoms with Crippen LogP contribution in [0.4, 0.5) is 0 Å². The lowest BCUT2D eigenvalue weighted by atomic mass is 10.4. The zero-order valence-corrected chi connectivity index (χ0v) is 8.35. The Morgan fingerprint density at radius 1 is 1.30 bits per heavy atom. The van der Waals surface area contributed by atoms with Crippen molar-refractivity contribution in [1.29, 1.82) is 0 Å². The molecular formula is C7H16BrNO. The van der Waals surface area contributed by atoms with Gasteiger partial charge in [-0.3, -0.25) is 0 Å². The van der Waals surface area contributed by atoms with Gasteiger partial charge in [-0.1, -0.05) is 0 Å². The van der Waals surface area contributed by atoms with Crippen molar-refractivity contribution in [2.24, 2.45) is 0 Å². The first kappa shape index (κ1) is 10.4. The van der Waals surface area contributed by atoms with E-state index in [4.69, 9.17) is 4.74 Å². The van der Waals surface area contributed by atoms with Crippen LogP contribution >= 0.6 is 0 Å². The summed E-state index contributed by atoms with van der Waals surface area (Å²) < 4.78 is 6.22.